The number of ketones is 1. The summed E-state index contributed by atoms with van der Waals surface area (Å²) in [5, 5.41) is 0. The van der Waals surface area contributed by atoms with Crippen LogP contribution in [0.4, 0.5) is 0 Å². The van der Waals surface area contributed by atoms with Crippen molar-refractivity contribution in [2.24, 2.45) is 0 Å². The molecule has 0 aromatic heterocycles. The molecule has 0 N–H and O–H groups in total. The summed E-state index contributed by atoms with van der Waals surface area (Å²) >= 11 is -2.25. The molecule has 0 saturated heterocycles. The molecule has 1 rings (SSSR count). The molecule has 0 aromatic carbocycles. The van der Waals surface area contributed by atoms with Crippen LogP contribution < -0.4 is 0 Å². The Labute approximate surface area is 131 Å². The molecule has 118 valence electrons. The molecule has 1 saturated carbocycles. The van der Waals surface area contributed by atoms with Gasteiger partial charge >= 0.3 is 131 Å². The average Bonchev–Trinajstić information content (AvgIpc) is 2.48. The summed E-state index contributed by atoms with van der Waals surface area (Å²) in [4.78, 5) is 12.6. The average molecular weight is 387 g/mol. The van der Waals surface area contributed by atoms with Crippen LogP contribution in [0.3, 0.4) is 0 Å². The first-order chi connectivity index (χ1) is 9.70. The van der Waals surface area contributed by atoms with E-state index in [2.05, 4.69) is 20.8 Å². The van der Waals surface area contributed by atoms with Crippen molar-refractivity contribution < 1.29 is 4.79 Å². The first kappa shape index (κ1) is 18.5. The normalized spacial score (nSPS) is 20.4. The van der Waals surface area contributed by atoms with Crippen molar-refractivity contribution in [1.29, 1.82) is 0 Å². The quantitative estimate of drug-likeness (QED) is 0.399. The van der Waals surface area contributed by atoms with Gasteiger partial charge in [0.1, 0.15) is 0 Å². The number of carbonyl (C=O) groups excluding carboxylic acids is 1. The zero-order valence-electron chi connectivity index (χ0n) is 14.2. The second kappa shape index (κ2) is 10.2. The third-order valence-corrected chi connectivity index (χ3v) is 22.9. The van der Waals surface area contributed by atoms with E-state index < -0.39 is 18.4 Å². The summed E-state index contributed by atoms with van der Waals surface area (Å²) in [7, 11) is 0. The number of unbranched alkanes of at least 4 members (excludes halogenated alkanes) is 3. The third-order valence-electron chi connectivity index (χ3n) is 5.38. The molecule has 2 heteroatoms. The van der Waals surface area contributed by atoms with Crippen molar-refractivity contribution in [1.82, 2.24) is 0 Å². The molecule has 0 radical (unpaired) electrons. The zero-order valence-corrected chi connectivity index (χ0v) is 17.0. The molecule has 1 unspecified atom stereocenters. The van der Waals surface area contributed by atoms with Gasteiger partial charge in [0.05, 0.1) is 0 Å². The first-order valence-corrected chi connectivity index (χ1v) is 16.9. The van der Waals surface area contributed by atoms with Gasteiger partial charge in [0, 0.05) is 0 Å². The molecule has 1 aliphatic rings. The van der Waals surface area contributed by atoms with Crippen LogP contribution in [0, 0.1) is 0 Å². The van der Waals surface area contributed by atoms with Crippen molar-refractivity contribution in [3.05, 3.63) is 0 Å². The predicted octanol–water partition coefficient (Wildman–Crippen LogP) is 6.35. The molecule has 0 spiro atoms. The van der Waals surface area contributed by atoms with Crippen LogP contribution in [-0.2, 0) is 4.79 Å². The Hall–Kier alpha value is 0.469. The molecule has 1 aliphatic carbocycles. The van der Waals surface area contributed by atoms with E-state index in [1.54, 1.807) is 0 Å². The molecule has 0 amide bonds. The Morgan fingerprint density at radius 2 is 1.40 bits per heavy atom. The van der Waals surface area contributed by atoms with E-state index in [1.165, 1.54) is 71.1 Å². The molecule has 1 atom stereocenters. The first-order valence-electron chi connectivity index (χ1n) is 9.23. The van der Waals surface area contributed by atoms with E-state index in [9.17, 15) is 4.79 Å². The van der Waals surface area contributed by atoms with Gasteiger partial charge in [-0.1, -0.05) is 0 Å². The molecule has 0 aliphatic heterocycles. The van der Waals surface area contributed by atoms with Crippen molar-refractivity contribution in [2.75, 3.05) is 0 Å². The van der Waals surface area contributed by atoms with E-state index in [0.717, 1.165) is 6.42 Å². The zero-order chi connectivity index (χ0) is 14.8. The van der Waals surface area contributed by atoms with Gasteiger partial charge in [-0.25, -0.2) is 0 Å². The molecule has 0 heterocycles. The fourth-order valence-corrected chi connectivity index (χ4v) is 23.0. The monoisotopic (exact) mass is 388 g/mol. The second-order valence-electron chi connectivity index (χ2n) is 6.94. The number of hydrogen-bond donors (Lipinski definition) is 0. The molecular weight excluding hydrogens is 351 g/mol. The second-order valence-corrected chi connectivity index (χ2v) is 21.0. The van der Waals surface area contributed by atoms with Crippen LogP contribution >= 0.6 is 0 Å². The minimum absolute atomic E-state index is 0.600. The van der Waals surface area contributed by atoms with E-state index in [4.69, 9.17) is 0 Å². The SMILES string of the molecule is CCC[CH2][Sn]([CH2]CCC)([CH2]CCC)[CH]1CCCCC1=O. The van der Waals surface area contributed by atoms with Crippen LogP contribution in [0.5, 0.6) is 0 Å². The molecular formula is C18H36OSn. The summed E-state index contributed by atoms with van der Waals surface area (Å²) in [5.41, 5.74) is 0. The number of hydrogen-bond acceptors (Lipinski definition) is 1. The summed E-state index contributed by atoms with van der Waals surface area (Å²) < 4.78 is 5.10. The number of carbonyl (C=O) groups is 1. The van der Waals surface area contributed by atoms with Gasteiger partial charge < -0.3 is 0 Å². The Balaban J connectivity index is 2.87. The molecule has 0 aromatic rings. The van der Waals surface area contributed by atoms with Gasteiger partial charge in [-0.15, -0.1) is 0 Å². The van der Waals surface area contributed by atoms with Crippen LogP contribution in [0.1, 0.15) is 85.0 Å². The van der Waals surface area contributed by atoms with Gasteiger partial charge in [-0.05, 0) is 0 Å². The van der Waals surface area contributed by atoms with Crippen molar-refractivity contribution >= 4 is 24.2 Å². The molecule has 1 nitrogen and oxygen atoms in total. The summed E-state index contributed by atoms with van der Waals surface area (Å²) in [5.74, 6) is 0.690. The molecule has 20 heavy (non-hydrogen) atoms. The van der Waals surface area contributed by atoms with E-state index in [1.807, 2.05) is 0 Å². The Kier molecular flexibility index (Phi) is 9.48. The van der Waals surface area contributed by atoms with Gasteiger partial charge in [0.2, 0.25) is 0 Å². The fourth-order valence-electron chi connectivity index (χ4n) is 4.11. The van der Waals surface area contributed by atoms with Crippen molar-refractivity contribution in [3.8, 4) is 0 Å². The van der Waals surface area contributed by atoms with Crippen molar-refractivity contribution in [3.63, 3.8) is 0 Å². The van der Waals surface area contributed by atoms with Crippen molar-refractivity contribution in [2.45, 2.75) is 102 Å². The standard InChI is InChI=1S/C6H9O.3C4H9.Sn/c7-6-4-2-1-3-5-6;3*1-3-4-2;/h4H,1-3,5H2;3*1,3-4H2,2H3;. The van der Waals surface area contributed by atoms with Crippen LogP contribution in [-0.4, -0.2) is 24.2 Å². The van der Waals surface area contributed by atoms with Gasteiger partial charge in [-0.2, -0.15) is 0 Å². The summed E-state index contributed by atoms with van der Waals surface area (Å²) in [6.07, 6.45) is 12.8. The Bertz CT molecular complexity index is 253. The Morgan fingerprint density at radius 1 is 0.900 bits per heavy atom. The summed E-state index contributed by atoms with van der Waals surface area (Å²) in [6, 6.07) is 0. The van der Waals surface area contributed by atoms with Gasteiger partial charge in [0.25, 0.3) is 0 Å². The maximum atomic E-state index is 12.6. The van der Waals surface area contributed by atoms with Gasteiger partial charge in [-0.3, -0.25) is 0 Å². The van der Waals surface area contributed by atoms with E-state index in [0.29, 0.717) is 9.72 Å². The molecule has 1 fully saturated rings. The van der Waals surface area contributed by atoms with Gasteiger partial charge in [0.15, 0.2) is 0 Å². The van der Waals surface area contributed by atoms with Crippen LogP contribution in [0.2, 0.25) is 17.2 Å². The summed E-state index contributed by atoms with van der Waals surface area (Å²) in [6.45, 7) is 6.96. The topological polar surface area (TPSA) is 17.1 Å². The van der Waals surface area contributed by atoms with E-state index in [-0.39, 0.29) is 0 Å². The number of Topliss-reactive ketones (excluding diaryl/α,β-unsaturated/α-hetero) is 1. The minimum atomic E-state index is -2.25. The third kappa shape index (κ3) is 5.35. The van der Waals surface area contributed by atoms with Crippen LogP contribution in [0.15, 0.2) is 0 Å². The van der Waals surface area contributed by atoms with E-state index >= 15 is 0 Å². The Morgan fingerprint density at radius 3 is 1.80 bits per heavy atom. The molecule has 0 bridgehead atoms. The predicted molar refractivity (Wildman–Crippen MR) is 92.1 cm³/mol. The number of rotatable bonds is 10. The fraction of sp³-hybridized carbons (Fsp3) is 0.944. The maximum absolute atomic E-state index is 12.6. The van der Waals surface area contributed by atoms with Crippen LogP contribution in [0.25, 0.3) is 0 Å².